The summed E-state index contributed by atoms with van der Waals surface area (Å²) >= 11 is 0. The summed E-state index contributed by atoms with van der Waals surface area (Å²) in [6.07, 6.45) is -0.870. The van der Waals surface area contributed by atoms with Crippen LogP contribution < -0.4 is 4.90 Å². The molecule has 138 valence electrons. The van der Waals surface area contributed by atoms with Crippen molar-refractivity contribution in [2.24, 2.45) is 0 Å². The molecule has 9 heteroatoms. The van der Waals surface area contributed by atoms with Gasteiger partial charge >= 0.3 is 6.18 Å². The lowest BCUT2D eigenvalue weighted by molar-refractivity contribution is -0.144. The lowest BCUT2D eigenvalue weighted by atomic mass is 9.91. The first-order valence-corrected chi connectivity index (χ1v) is 8.39. The molecule has 1 unspecified atom stereocenters. The minimum absolute atomic E-state index is 0.0305. The first-order chi connectivity index (χ1) is 11.8. The van der Waals surface area contributed by atoms with Crippen LogP contribution in [0, 0.1) is 6.92 Å². The van der Waals surface area contributed by atoms with Gasteiger partial charge in [0.2, 0.25) is 0 Å². The smallest absolute Gasteiger partial charge is 0.382 e. The van der Waals surface area contributed by atoms with Crippen molar-refractivity contribution >= 4 is 11.6 Å². The van der Waals surface area contributed by atoms with Crippen LogP contribution in [0.4, 0.5) is 19.0 Å². The Morgan fingerprint density at radius 3 is 2.72 bits per heavy atom. The Balaban J connectivity index is 2.15. The maximum atomic E-state index is 13.0. The van der Waals surface area contributed by atoms with E-state index in [0.29, 0.717) is 18.1 Å². The van der Waals surface area contributed by atoms with Gasteiger partial charge in [0.25, 0.3) is 11.6 Å². The lowest BCUT2D eigenvalue weighted by Crippen LogP contribution is -2.48. The lowest BCUT2D eigenvalue weighted by Gasteiger charge is -2.39. The second kappa shape index (κ2) is 6.44. The van der Waals surface area contributed by atoms with Gasteiger partial charge in [0, 0.05) is 25.4 Å². The molecule has 0 aromatic carbocycles. The summed E-state index contributed by atoms with van der Waals surface area (Å²) in [7, 11) is 1.65. The van der Waals surface area contributed by atoms with Gasteiger partial charge in [-0.25, -0.2) is 4.98 Å². The zero-order valence-corrected chi connectivity index (χ0v) is 14.6. The summed E-state index contributed by atoms with van der Waals surface area (Å²) in [6.45, 7) is 5.10. The van der Waals surface area contributed by atoms with Crippen LogP contribution in [0.2, 0.25) is 0 Å². The van der Waals surface area contributed by atoms with E-state index in [1.165, 1.54) is 4.52 Å². The third-order valence-electron chi connectivity index (χ3n) is 4.68. The van der Waals surface area contributed by atoms with Crippen molar-refractivity contribution in [3.05, 3.63) is 17.6 Å². The van der Waals surface area contributed by atoms with E-state index in [9.17, 15) is 13.2 Å². The molecule has 1 aliphatic rings. The standard InChI is InChI=1S/C16H22F3N5O/c1-4-6-15(10-25-3)7-5-8-23(15)12-9-11(2)20-14-21-13(16(17,18)19)22-24(12)14/h9H,4-8,10H2,1-3H3. The Kier molecular flexibility index (Phi) is 4.61. The molecule has 0 bridgehead atoms. The van der Waals surface area contributed by atoms with Gasteiger partial charge in [0.1, 0.15) is 5.82 Å². The zero-order valence-electron chi connectivity index (χ0n) is 14.6. The van der Waals surface area contributed by atoms with Crippen molar-refractivity contribution in [1.82, 2.24) is 19.6 Å². The molecular weight excluding hydrogens is 335 g/mol. The van der Waals surface area contributed by atoms with E-state index in [4.69, 9.17) is 4.74 Å². The fourth-order valence-corrected chi connectivity index (χ4v) is 3.79. The molecule has 6 nitrogen and oxygen atoms in total. The Labute approximate surface area is 144 Å². The van der Waals surface area contributed by atoms with E-state index in [1.54, 1.807) is 20.1 Å². The highest BCUT2D eigenvalue weighted by atomic mass is 19.4. The average Bonchev–Trinajstić information content (AvgIpc) is 3.11. The number of fused-ring (bicyclic) bond motifs is 1. The van der Waals surface area contributed by atoms with Crippen molar-refractivity contribution in [2.45, 2.75) is 51.2 Å². The minimum Gasteiger partial charge on any atom is -0.382 e. The van der Waals surface area contributed by atoms with Crippen LogP contribution in [0.1, 0.15) is 44.1 Å². The fraction of sp³-hybridized carbons (Fsp3) is 0.688. The van der Waals surface area contributed by atoms with Crippen molar-refractivity contribution < 1.29 is 17.9 Å². The molecule has 3 rings (SSSR count). The van der Waals surface area contributed by atoms with Crippen LogP contribution >= 0.6 is 0 Å². The summed E-state index contributed by atoms with van der Waals surface area (Å²) in [6, 6.07) is 1.77. The Bertz CT molecular complexity index is 752. The number of aryl methyl sites for hydroxylation is 1. The summed E-state index contributed by atoms with van der Waals surface area (Å²) in [5.41, 5.74) is 0.368. The van der Waals surface area contributed by atoms with E-state index in [-0.39, 0.29) is 11.3 Å². The molecule has 2 aromatic rings. The molecule has 1 aliphatic heterocycles. The molecule has 0 saturated carbocycles. The summed E-state index contributed by atoms with van der Waals surface area (Å²) in [5.74, 6) is -0.607. The van der Waals surface area contributed by atoms with Gasteiger partial charge in [-0.05, 0) is 26.2 Å². The molecular formula is C16H22F3N5O. The molecule has 2 aromatic heterocycles. The molecule has 0 spiro atoms. The van der Waals surface area contributed by atoms with Crippen LogP contribution in [-0.2, 0) is 10.9 Å². The van der Waals surface area contributed by atoms with E-state index < -0.39 is 12.0 Å². The highest BCUT2D eigenvalue weighted by molar-refractivity contribution is 5.51. The first-order valence-electron chi connectivity index (χ1n) is 8.39. The highest BCUT2D eigenvalue weighted by Gasteiger charge is 2.42. The summed E-state index contributed by atoms with van der Waals surface area (Å²) < 4.78 is 45.8. The fourth-order valence-electron chi connectivity index (χ4n) is 3.79. The number of hydrogen-bond donors (Lipinski definition) is 0. The largest absolute Gasteiger partial charge is 0.453 e. The normalized spacial score (nSPS) is 21.4. The molecule has 3 heterocycles. The first kappa shape index (κ1) is 17.9. The topological polar surface area (TPSA) is 55.5 Å². The van der Waals surface area contributed by atoms with Gasteiger partial charge in [0.05, 0.1) is 12.1 Å². The van der Waals surface area contributed by atoms with Crippen LogP contribution in [0.25, 0.3) is 5.78 Å². The van der Waals surface area contributed by atoms with Crippen molar-refractivity contribution in [3.63, 3.8) is 0 Å². The van der Waals surface area contributed by atoms with Gasteiger partial charge in [-0.1, -0.05) is 13.3 Å². The second-order valence-electron chi connectivity index (χ2n) is 6.56. The number of methoxy groups -OCH3 is 1. The molecule has 25 heavy (non-hydrogen) atoms. The predicted octanol–water partition coefficient (Wildman–Crippen LogP) is 3.24. The molecule has 0 N–H and O–H groups in total. The van der Waals surface area contributed by atoms with E-state index in [2.05, 4.69) is 26.9 Å². The average molecular weight is 357 g/mol. The van der Waals surface area contributed by atoms with Crippen LogP contribution in [0.5, 0.6) is 0 Å². The molecule has 1 atom stereocenters. The Morgan fingerprint density at radius 1 is 1.32 bits per heavy atom. The molecule has 1 saturated heterocycles. The summed E-state index contributed by atoms with van der Waals surface area (Å²) in [5, 5.41) is 3.69. The number of rotatable bonds is 5. The minimum atomic E-state index is -4.60. The van der Waals surface area contributed by atoms with Crippen LogP contribution in [0.15, 0.2) is 6.07 Å². The predicted molar refractivity (Wildman–Crippen MR) is 86.6 cm³/mol. The highest BCUT2D eigenvalue weighted by Crippen LogP contribution is 2.38. The van der Waals surface area contributed by atoms with E-state index in [0.717, 1.165) is 32.2 Å². The molecule has 0 radical (unpaired) electrons. The Hall–Kier alpha value is -1.90. The summed E-state index contributed by atoms with van der Waals surface area (Å²) in [4.78, 5) is 9.81. The number of alkyl halides is 3. The third-order valence-corrected chi connectivity index (χ3v) is 4.68. The maximum absolute atomic E-state index is 13.0. The molecule has 0 amide bonds. The third kappa shape index (κ3) is 3.17. The number of nitrogens with zero attached hydrogens (tertiary/aromatic N) is 5. The van der Waals surface area contributed by atoms with Gasteiger partial charge in [-0.15, -0.1) is 5.10 Å². The second-order valence-corrected chi connectivity index (χ2v) is 6.56. The number of ether oxygens (including phenoxy) is 1. The Morgan fingerprint density at radius 2 is 2.08 bits per heavy atom. The number of anilines is 1. The number of halogens is 3. The maximum Gasteiger partial charge on any atom is 0.453 e. The van der Waals surface area contributed by atoms with Crippen LogP contribution in [-0.4, -0.2) is 45.4 Å². The van der Waals surface area contributed by atoms with Gasteiger partial charge in [0.15, 0.2) is 0 Å². The van der Waals surface area contributed by atoms with E-state index in [1.807, 2.05) is 0 Å². The van der Waals surface area contributed by atoms with Crippen molar-refractivity contribution in [3.8, 4) is 0 Å². The molecule has 0 aliphatic carbocycles. The van der Waals surface area contributed by atoms with Crippen molar-refractivity contribution in [2.75, 3.05) is 25.2 Å². The van der Waals surface area contributed by atoms with Gasteiger partial charge < -0.3 is 9.64 Å². The number of hydrogen-bond acceptors (Lipinski definition) is 5. The van der Waals surface area contributed by atoms with E-state index >= 15 is 0 Å². The van der Waals surface area contributed by atoms with Gasteiger partial charge in [-0.2, -0.15) is 22.7 Å². The van der Waals surface area contributed by atoms with Crippen LogP contribution in [0.3, 0.4) is 0 Å². The number of aromatic nitrogens is 4. The SMILES string of the molecule is CCCC1(COC)CCCN1c1cc(C)nc2nc(C(F)(F)F)nn12. The molecule has 1 fully saturated rings. The quantitative estimate of drug-likeness (QED) is 0.822. The van der Waals surface area contributed by atoms with Crippen molar-refractivity contribution in [1.29, 1.82) is 0 Å². The monoisotopic (exact) mass is 357 g/mol. The zero-order chi connectivity index (χ0) is 18.2. The van der Waals surface area contributed by atoms with Gasteiger partial charge in [-0.3, -0.25) is 0 Å².